The van der Waals surface area contributed by atoms with Gasteiger partial charge in [-0.3, -0.25) is 0 Å². The van der Waals surface area contributed by atoms with E-state index in [-0.39, 0.29) is 0 Å². The minimum absolute atomic E-state index is 0.448. The van der Waals surface area contributed by atoms with Crippen molar-refractivity contribution in [2.45, 2.75) is 0 Å². The molecule has 2 N–H and O–H groups in total. The molecule has 3 nitrogen and oxygen atoms in total. The van der Waals surface area contributed by atoms with Gasteiger partial charge in [0.25, 0.3) is 0 Å². The van der Waals surface area contributed by atoms with Crippen molar-refractivity contribution < 1.29 is 4.74 Å². The Morgan fingerprint density at radius 3 is 2.15 bits per heavy atom. The molecule has 0 saturated heterocycles. The summed E-state index contributed by atoms with van der Waals surface area (Å²) >= 11 is 0. The van der Waals surface area contributed by atoms with Crippen LogP contribution in [0.2, 0.25) is 0 Å². The van der Waals surface area contributed by atoms with E-state index in [1.807, 2.05) is 42.5 Å². The molecule has 1 heterocycles. The lowest BCUT2D eigenvalue weighted by atomic mass is 10.1. The molecule has 0 saturated carbocycles. The lowest BCUT2D eigenvalue weighted by molar-refractivity contribution is 0.482. The number of nitrogen functional groups attached to an aromatic ring is 1. The second-order valence-electron chi connectivity index (χ2n) is 4.41. The number of aromatic nitrogens is 1. The molecule has 0 spiro atoms. The van der Waals surface area contributed by atoms with Gasteiger partial charge in [-0.15, -0.1) is 0 Å². The molecule has 0 aliphatic heterocycles. The smallest absolute Gasteiger partial charge is 0.132 e. The Balaban J connectivity index is 1.80. The van der Waals surface area contributed by atoms with E-state index in [1.54, 1.807) is 18.3 Å². The van der Waals surface area contributed by atoms with E-state index in [9.17, 15) is 0 Å². The number of benzene rings is 2. The second kappa shape index (κ2) is 5.45. The van der Waals surface area contributed by atoms with Crippen molar-refractivity contribution >= 4 is 5.82 Å². The van der Waals surface area contributed by atoms with Crippen LogP contribution in [0.25, 0.3) is 11.1 Å². The molecule has 3 aromatic rings. The number of hydrogen-bond acceptors (Lipinski definition) is 3. The first-order valence-electron chi connectivity index (χ1n) is 6.36. The van der Waals surface area contributed by atoms with Gasteiger partial charge in [0.15, 0.2) is 0 Å². The average Bonchev–Trinajstić information content (AvgIpc) is 2.49. The fraction of sp³-hybridized carbons (Fsp3) is 0. The Labute approximate surface area is 117 Å². The molecule has 0 amide bonds. The Morgan fingerprint density at radius 2 is 1.45 bits per heavy atom. The summed E-state index contributed by atoms with van der Waals surface area (Å²) in [5.41, 5.74) is 7.97. The van der Waals surface area contributed by atoms with Crippen molar-refractivity contribution in [1.82, 2.24) is 4.98 Å². The summed E-state index contributed by atoms with van der Waals surface area (Å²) in [5.74, 6) is 1.91. The van der Waals surface area contributed by atoms with Crippen molar-refractivity contribution in [3.05, 3.63) is 72.9 Å². The van der Waals surface area contributed by atoms with Gasteiger partial charge >= 0.3 is 0 Å². The molecule has 2 aromatic carbocycles. The number of nitrogens with two attached hydrogens (primary N) is 1. The molecule has 0 aliphatic rings. The second-order valence-corrected chi connectivity index (χ2v) is 4.41. The van der Waals surface area contributed by atoms with E-state index >= 15 is 0 Å². The lowest BCUT2D eigenvalue weighted by Crippen LogP contribution is -1.90. The van der Waals surface area contributed by atoms with E-state index in [4.69, 9.17) is 10.5 Å². The van der Waals surface area contributed by atoms with E-state index in [1.165, 1.54) is 5.56 Å². The van der Waals surface area contributed by atoms with Crippen LogP contribution in [0.15, 0.2) is 72.9 Å². The number of rotatable bonds is 3. The predicted octanol–water partition coefficient (Wildman–Crippen LogP) is 4.12. The first kappa shape index (κ1) is 12.2. The zero-order chi connectivity index (χ0) is 13.8. The highest BCUT2D eigenvalue weighted by Crippen LogP contribution is 2.25. The molecule has 0 aliphatic carbocycles. The lowest BCUT2D eigenvalue weighted by Gasteiger charge is -2.07. The predicted molar refractivity (Wildman–Crippen MR) is 80.6 cm³/mol. The van der Waals surface area contributed by atoms with Gasteiger partial charge in [-0.05, 0) is 29.3 Å². The van der Waals surface area contributed by atoms with E-state index in [0.717, 1.165) is 11.3 Å². The molecule has 0 atom stereocenters. The van der Waals surface area contributed by atoms with Crippen LogP contribution in [0, 0.1) is 0 Å². The molecule has 3 heteroatoms. The van der Waals surface area contributed by atoms with E-state index < -0.39 is 0 Å². The first-order valence-corrected chi connectivity index (χ1v) is 6.36. The van der Waals surface area contributed by atoms with Gasteiger partial charge in [-0.1, -0.05) is 42.5 Å². The maximum absolute atomic E-state index is 5.73. The third kappa shape index (κ3) is 2.78. The van der Waals surface area contributed by atoms with Gasteiger partial charge in [0.1, 0.15) is 17.3 Å². The summed E-state index contributed by atoms with van der Waals surface area (Å²) in [6, 6.07) is 21.7. The summed E-state index contributed by atoms with van der Waals surface area (Å²) in [5, 5.41) is 0. The van der Waals surface area contributed by atoms with Gasteiger partial charge in [0.05, 0.1) is 0 Å². The number of nitrogens with zero attached hydrogens (tertiary/aromatic N) is 1. The van der Waals surface area contributed by atoms with Gasteiger partial charge < -0.3 is 10.5 Å². The highest BCUT2D eigenvalue weighted by atomic mass is 16.5. The quantitative estimate of drug-likeness (QED) is 0.772. The van der Waals surface area contributed by atoms with Crippen LogP contribution in [-0.4, -0.2) is 4.98 Å². The number of hydrogen-bond donors (Lipinski definition) is 1. The molecule has 0 unspecified atom stereocenters. The Hall–Kier alpha value is -2.81. The largest absolute Gasteiger partial charge is 0.457 e. The molecule has 20 heavy (non-hydrogen) atoms. The maximum atomic E-state index is 5.73. The minimum Gasteiger partial charge on any atom is -0.457 e. The van der Waals surface area contributed by atoms with Gasteiger partial charge in [-0.25, -0.2) is 4.98 Å². The molecule has 3 rings (SSSR count). The molecular weight excluding hydrogens is 248 g/mol. The standard InChI is InChI=1S/C17H14N2O/c18-17-12-16(10-11-19-17)20-15-8-6-14(7-9-15)13-4-2-1-3-5-13/h1-12H,(H2,18,19). The van der Waals surface area contributed by atoms with Crippen molar-refractivity contribution in [2.75, 3.05) is 5.73 Å². The molecule has 98 valence electrons. The van der Waals surface area contributed by atoms with Gasteiger partial charge in [-0.2, -0.15) is 0 Å². The van der Waals surface area contributed by atoms with Crippen molar-refractivity contribution in [2.24, 2.45) is 0 Å². The van der Waals surface area contributed by atoms with Crippen LogP contribution in [0.3, 0.4) is 0 Å². The Morgan fingerprint density at radius 1 is 0.750 bits per heavy atom. The maximum Gasteiger partial charge on any atom is 0.132 e. The summed E-state index contributed by atoms with van der Waals surface area (Å²) in [6.45, 7) is 0. The van der Waals surface area contributed by atoms with E-state index in [0.29, 0.717) is 11.6 Å². The first-order chi connectivity index (χ1) is 9.81. The van der Waals surface area contributed by atoms with Crippen LogP contribution < -0.4 is 10.5 Å². The minimum atomic E-state index is 0.448. The van der Waals surface area contributed by atoms with Crippen LogP contribution in [-0.2, 0) is 0 Å². The zero-order valence-corrected chi connectivity index (χ0v) is 10.9. The molecule has 0 fully saturated rings. The van der Waals surface area contributed by atoms with Crippen molar-refractivity contribution in [1.29, 1.82) is 0 Å². The third-order valence-corrected chi connectivity index (χ3v) is 2.95. The van der Waals surface area contributed by atoms with Crippen LogP contribution in [0.1, 0.15) is 0 Å². The van der Waals surface area contributed by atoms with Crippen LogP contribution in [0.5, 0.6) is 11.5 Å². The zero-order valence-electron chi connectivity index (χ0n) is 10.9. The molecule has 0 radical (unpaired) electrons. The van der Waals surface area contributed by atoms with Gasteiger partial charge in [0.2, 0.25) is 0 Å². The fourth-order valence-corrected chi connectivity index (χ4v) is 1.97. The highest BCUT2D eigenvalue weighted by molar-refractivity contribution is 5.64. The Bertz CT molecular complexity index is 694. The van der Waals surface area contributed by atoms with Crippen LogP contribution >= 0.6 is 0 Å². The number of ether oxygens (including phenoxy) is 1. The summed E-state index contributed by atoms with van der Waals surface area (Å²) in [6.07, 6.45) is 1.63. The normalized spacial score (nSPS) is 10.2. The molecular formula is C17H14N2O. The topological polar surface area (TPSA) is 48.1 Å². The highest BCUT2D eigenvalue weighted by Gasteiger charge is 2.00. The third-order valence-electron chi connectivity index (χ3n) is 2.95. The Kier molecular flexibility index (Phi) is 3.33. The summed E-state index contributed by atoms with van der Waals surface area (Å²) < 4.78 is 5.73. The fourth-order valence-electron chi connectivity index (χ4n) is 1.97. The summed E-state index contributed by atoms with van der Waals surface area (Å²) in [4.78, 5) is 3.93. The SMILES string of the molecule is Nc1cc(Oc2ccc(-c3ccccc3)cc2)ccn1. The van der Waals surface area contributed by atoms with Gasteiger partial charge in [0, 0.05) is 12.3 Å². The molecule has 0 bridgehead atoms. The van der Waals surface area contributed by atoms with Crippen LogP contribution in [0.4, 0.5) is 5.82 Å². The van der Waals surface area contributed by atoms with Crippen molar-refractivity contribution in [3.63, 3.8) is 0 Å². The van der Waals surface area contributed by atoms with Crippen molar-refractivity contribution in [3.8, 4) is 22.6 Å². The molecule has 1 aromatic heterocycles. The van der Waals surface area contributed by atoms with E-state index in [2.05, 4.69) is 17.1 Å². The number of pyridine rings is 1. The average molecular weight is 262 g/mol. The number of anilines is 1. The monoisotopic (exact) mass is 262 g/mol. The summed E-state index contributed by atoms with van der Waals surface area (Å²) in [7, 11) is 0.